The minimum atomic E-state index is -3.67. The van der Waals surface area contributed by atoms with Gasteiger partial charge in [0.1, 0.15) is 6.04 Å². The molecule has 0 bridgehead atoms. The van der Waals surface area contributed by atoms with Crippen LogP contribution in [0.25, 0.3) is 10.8 Å². The Bertz CT molecular complexity index is 1370. The van der Waals surface area contributed by atoms with Gasteiger partial charge in [-0.1, -0.05) is 59.3 Å². The molecule has 1 heterocycles. The van der Waals surface area contributed by atoms with Gasteiger partial charge in [-0.2, -0.15) is 0 Å². The number of carbonyl (C=O) groups excluding carboxylic acids is 2. The van der Waals surface area contributed by atoms with Crippen LogP contribution in [0.15, 0.2) is 70.0 Å². The highest BCUT2D eigenvalue weighted by atomic mass is 79.9. The van der Waals surface area contributed by atoms with Crippen molar-refractivity contribution in [2.75, 3.05) is 17.4 Å². The highest BCUT2D eigenvalue weighted by molar-refractivity contribution is 9.10. The Morgan fingerprint density at radius 1 is 1.06 bits per heavy atom. The fourth-order valence-electron chi connectivity index (χ4n) is 4.48. The van der Waals surface area contributed by atoms with Crippen molar-refractivity contribution in [2.45, 2.75) is 50.6 Å². The Morgan fingerprint density at radius 2 is 1.75 bits per heavy atom. The molecule has 0 aromatic heterocycles. The van der Waals surface area contributed by atoms with Crippen LogP contribution in [0.4, 0.5) is 5.69 Å². The summed E-state index contributed by atoms with van der Waals surface area (Å²) in [5.41, 5.74) is 1.56. The first-order chi connectivity index (χ1) is 17.2. The first-order valence-corrected chi connectivity index (χ1v) is 14.3. The molecule has 9 heteroatoms. The minimum Gasteiger partial charge on any atom is -0.354 e. The molecule has 190 valence electrons. The lowest BCUT2D eigenvalue weighted by Crippen LogP contribution is -2.47. The lowest BCUT2D eigenvalue weighted by molar-refractivity contribution is -0.140. The van der Waals surface area contributed by atoms with E-state index in [1.54, 1.807) is 30.0 Å². The molecular weight excluding hydrogens is 542 g/mol. The fourth-order valence-corrected chi connectivity index (χ4v) is 6.49. The van der Waals surface area contributed by atoms with Crippen molar-refractivity contribution in [1.82, 2.24) is 10.2 Å². The number of anilines is 1. The molecule has 0 radical (unpaired) electrons. The molecule has 0 spiro atoms. The number of nitrogens with zero attached hydrogens (tertiary/aromatic N) is 2. The maximum absolute atomic E-state index is 13.3. The quantitative estimate of drug-likeness (QED) is 0.377. The molecule has 1 N–H and O–H groups in total. The molecular formula is C27H30BrN3O4S. The second kappa shape index (κ2) is 11.0. The van der Waals surface area contributed by atoms with E-state index in [0.29, 0.717) is 30.1 Å². The monoisotopic (exact) mass is 571 g/mol. The average molecular weight is 573 g/mol. The van der Waals surface area contributed by atoms with Crippen LogP contribution < -0.4 is 9.62 Å². The Kier molecular flexibility index (Phi) is 8.00. The Morgan fingerprint density at radius 3 is 2.44 bits per heavy atom. The molecule has 3 aromatic rings. The van der Waals surface area contributed by atoms with E-state index in [4.69, 9.17) is 0 Å². The molecule has 7 nitrogen and oxygen atoms in total. The molecule has 1 aliphatic heterocycles. The molecule has 36 heavy (non-hydrogen) atoms. The molecule has 0 aliphatic carbocycles. The van der Waals surface area contributed by atoms with Gasteiger partial charge >= 0.3 is 0 Å². The van der Waals surface area contributed by atoms with E-state index in [-0.39, 0.29) is 24.8 Å². The van der Waals surface area contributed by atoms with Gasteiger partial charge in [-0.15, -0.1) is 0 Å². The third kappa shape index (κ3) is 5.27. The van der Waals surface area contributed by atoms with Gasteiger partial charge in [-0.05, 0) is 55.0 Å². The van der Waals surface area contributed by atoms with Crippen molar-refractivity contribution in [2.24, 2.45) is 0 Å². The van der Waals surface area contributed by atoms with Gasteiger partial charge in [0.15, 0.2) is 0 Å². The smallest absolute Gasteiger partial charge is 0.265 e. The summed E-state index contributed by atoms with van der Waals surface area (Å²) in [6, 6.07) is 17.8. The molecule has 2 amide bonds. The van der Waals surface area contributed by atoms with Gasteiger partial charge in [-0.25, -0.2) is 8.42 Å². The number of sulfonamides is 1. The van der Waals surface area contributed by atoms with Crippen molar-refractivity contribution in [3.63, 3.8) is 0 Å². The van der Waals surface area contributed by atoms with Crippen LogP contribution >= 0.6 is 15.9 Å². The lowest BCUT2D eigenvalue weighted by Gasteiger charge is -2.29. The largest absolute Gasteiger partial charge is 0.354 e. The van der Waals surface area contributed by atoms with Crippen molar-refractivity contribution in [3.8, 4) is 0 Å². The van der Waals surface area contributed by atoms with Crippen molar-refractivity contribution >= 4 is 54.2 Å². The van der Waals surface area contributed by atoms with Crippen molar-refractivity contribution < 1.29 is 18.0 Å². The van der Waals surface area contributed by atoms with Crippen LogP contribution in [0, 0.1) is 0 Å². The zero-order valence-electron chi connectivity index (χ0n) is 20.4. The molecule has 0 saturated heterocycles. The summed E-state index contributed by atoms with van der Waals surface area (Å²) in [5.74, 6) is -0.393. The van der Waals surface area contributed by atoms with Crippen LogP contribution in [-0.2, 0) is 26.2 Å². The second-order valence-corrected chi connectivity index (χ2v) is 11.7. The number of carbonyl (C=O) groups is 2. The highest BCUT2D eigenvalue weighted by Gasteiger charge is 2.35. The van der Waals surface area contributed by atoms with E-state index >= 15 is 0 Å². The van der Waals surface area contributed by atoms with Crippen molar-refractivity contribution in [3.05, 3.63) is 70.7 Å². The molecule has 1 aliphatic rings. The lowest BCUT2D eigenvalue weighted by atomic mass is 10.1. The van der Waals surface area contributed by atoms with Crippen LogP contribution in [0.3, 0.4) is 0 Å². The van der Waals surface area contributed by atoms with Crippen LogP contribution in [0.2, 0.25) is 0 Å². The summed E-state index contributed by atoms with van der Waals surface area (Å²) in [5, 5.41) is 4.47. The summed E-state index contributed by atoms with van der Waals surface area (Å²) in [4.78, 5) is 27.9. The van der Waals surface area contributed by atoms with Gasteiger partial charge in [0.05, 0.1) is 10.6 Å². The number of benzene rings is 3. The summed E-state index contributed by atoms with van der Waals surface area (Å²) in [6.07, 6.45) is 1.27. The van der Waals surface area contributed by atoms with Crippen molar-refractivity contribution in [1.29, 1.82) is 0 Å². The number of amides is 2. The van der Waals surface area contributed by atoms with E-state index in [1.807, 2.05) is 49.4 Å². The zero-order chi connectivity index (χ0) is 25.9. The predicted octanol–water partition coefficient (Wildman–Crippen LogP) is 4.83. The first kappa shape index (κ1) is 26.2. The summed E-state index contributed by atoms with van der Waals surface area (Å²) < 4.78 is 28.8. The maximum atomic E-state index is 13.3. The molecule has 4 rings (SSSR count). The van der Waals surface area contributed by atoms with Gasteiger partial charge in [0.25, 0.3) is 10.0 Å². The number of nitrogens with one attached hydrogen (secondary N) is 1. The molecule has 1 unspecified atom stereocenters. The predicted molar refractivity (Wildman–Crippen MR) is 145 cm³/mol. The Labute approximate surface area is 220 Å². The van der Waals surface area contributed by atoms with Gasteiger partial charge in [-0.3, -0.25) is 13.9 Å². The summed E-state index contributed by atoms with van der Waals surface area (Å²) in [6.45, 7) is 4.72. The van der Waals surface area contributed by atoms with Gasteiger partial charge in [0.2, 0.25) is 11.8 Å². The molecule has 1 atom stereocenters. The third-order valence-electron chi connectivity index (χ3n) is 6.42. The minimum absolute atomic E-state index is 0.125. The number of hydrogen-bond acceptors (Lipinski definition) is 4. The van der Waals surface area contributed by atoms with Crippen LogP contribution in [0.5, 0.6) is 0 Å². The SMILES string of the molecule is CCCNC(=O)C(C)N(Cc1ccc(Br)cc1)C(=O)CCCN1c2cccc3cccc(c23)S1(=O)=O. The van der Waals surface area contributed by atoms with Gasteiger partial charge in [0, 0.05) is 35.9 Å². The second-order valence-electron chi connectivity index (χ2n) is 8.93. The molecule has 3 aromatic carbocycles. The van der Waals surface area contributed by atoms with Crippen LogP contribution in [0.1, 0.15) is 38.7 Å². The Balaban J connectivity index is 1.48. The number of hydrogen-bond donors (Lipinski definition) is 1. The summed E-state index contributed by atoms with van der Waals surface area (Å²) in [7, 11) is -3.67. The third-order valence-corrected chi connectivity index (χ3v) is 8.80. The standard InChI is InChI=1S/C27H30BrN3O4S/c1-3-16-29-27(33)19(2)30(18-20-12-14-22(28)15-13-20)25(32)11-6-17-31-23-9-4-7-21-8-5-10-24(26(21)23)36(31,34)35/h4-5,7-10,12-15,19H,3,6,11,16-18H2,1-2H3,(H,29,33). The molecule has 0 fully saturated rings. The normalized spacial score (nSPS) is 14.6. The Hall–Kier alpha value is -2.91. The average Bonchev–Trinajstić information content (AvgIpc) is 3.09. The maximum Gasteiger partial charge on any atom is 0.265 e. The van der Waals surface area contributed by atoms with E-state index in [0.717, 1.165) is 27.2 Å². The van der Waals surface area contributed by atoms with E-state index in [9.17, 15) is 18.0 Å². The van der Waals surface area contributed by atoms with Gasteiger partial charge < -0.3 is 10.2 Å². The van der Waals surface area contributed by atoms with E-state index < -0.39 is 16.1 Å². The molecule has 0 saturated carbocycles. The van der Waals surface area contributed by atoms with E-state index in [2.05, 4.69) is 21.2 Å². The topological polar surface area (TPSA) is 86.8 Å². The summed E-state index contributed by atoms with van der Waals surface area (Å²) >= 11 is 3.42. The fraction of sp³-hybridized carbons (Fsp3) is 0.333. The first-order valence-electron chi connectivity index (χ1n) is 12.1. The zero-order valence-corrected chi connectivity index (χ0v) is 22.8. The number of rotatable bonds is 10. The highest BCUT2D eigenvalue weighted by Crippen LogP contribution is 2.42. The van der Waals surface area contributed by atoms with Crippen LogP contribution in [-0.4, -0.2) is 44.3 Å². The van der Waals surface area contributed by atoms with E-state index in [1.165, 1.54) is 4.31 Å². The number of halogens is 1.